The van der Waals surface area contributed by atoms with Crippen molar-refractivity contribution in [1.82, 2.24) is 5.32 Å². The zero-order chi connectivity index (χ0) is 15.5. The molecule has 0 atom stereocenters. The van der Waals surface area contributed by atoms with Gasteiger partial charge in [0.15, 0.2) is 0 Å². The van der Waals surface area contributed by atoms with Gasteiger partial charge in [-0.25, -0.2) is 0 Å². The molecule has 2 aromatic rings. The Hall–Kier alpha value is -2.82. The van der Waals surface area contributed by atoms with Crippen LogP contribution in [0.3, 0.4) is 0 Å². The third-order valence-electron chi connectivity index (χ3n) is 3.48. The van der Waals surface area contributed by atoms with Crippen LogP contribution in [0.5, 0.6) is 0 Å². The molecule has 2 aromatic carbocycles. The zero-order valence-corrected chi connectivity index (χ0v) is 12.0. The lowest BCUT2D eigenvalue weighted by Gasteiger charge is -2.11. The van der Waals surface area contributed by atoms with Gasteiger partial charge in [-0.2, -0.15) is 0 Å². The van der Waals surface area contributed by atoms with Gasteiger partial charge in [0.25, 0.3) is 11.8 Å². The van der Waals surface area contributed by atoms with Crippen molar-refractivity contribution in [3.8, 4) is 0 Å². The summed E-state index contributed by atoms with van der Waals surface area (Å²) in [5.74, 6) is -0.454. The fourth-order valence-electron chi connectivity index (χ4n) is 2.16. The third-order valence-corrected chi connectivity index (χ3v) is 3.48. The number of benzene rings is 2. The Morgan fingerprint density at radius 3 is 2.50 bits per heavy atom. The van der Waals surface area contributed by atoms with Gasteiger partial charge in [-0.3, -0.25) is 9.59 Å². The van der Waals surface area contributed by atoms with Gasteiger partial charge in [0.2, 0.25) is 0 Å². The van der Waals surface area contributed by atoms with Crippen LogP contribution >= 0.6 is 0 Å². The molecule has 5 nitrogen and oxygen atoms in total. The molecule has 5 heteroatoms. The normalized spacial score (nSPS) is 13.5. The average molecular weight is 295 g/mol. The van der Waals surface area contributed by atoms with E-state index in [0.717, 1.165) is 12.8 Å². The molecule has 3 rings (SSSR count). The van der Waals surface area contributed by atoms with Crippen LogP contribution in [0.2, 0.25) is 0 Å². The summed E-state index contributed by atoms with van der Waals surface area (Å²) in [6.07, 6.45) is 2.03. The van der Waals surface area contributed by atoms with Crippen LogP contribution in [-0.2, 0) is 0 Å². The van der Waals surface area contributed by atoms with E-state index in [-0.39, 0.29) is 17.9 Å². The van der Waals surface area contributed by atoms with Crippen LogP contribution in [0.15, 0.2) is 48.5 Å². The molecule has 0 unspecified atom stereocenters. The number of rotatable bonds is 4. The highest BCUT2D eigenvalue weighted by atomic mass is 16.2. The number of nitrogens with two attached hydrogens (primary N) is 1. The fourth-order valence-corrected chi connectivity index (χ4v) is 2.16. The predicted octanol–water partition coefficient (Wildman–Crippen LogP) is 2.41. The van der Waals surface area contributed by atoms with Gasteiger partial charge in [-0.1, -0.05) is 18.2 Å². The van der Waals surface area contributed by atoms with Gasteiger partial charge in [-0.15, -0.1) is 0 Å². The lowest BCUT2D eigenvalue weighted by Crippen LogP contribution is -2.27. The maximum Gasteiger partial charge on any atom is 0.255 e. The second-order valence-corrected chi connectivity index (χ2v) is 5.37. The summed E-state index contributed by atoms with van der Waals surface area (Å²) >= 11 is 0. The van der Waals surface area contributed by atoms with Crippen molar-refractivity contribution >= 4 is 23.2 Å². The Balaban J connectivity index is 1.79. The molecule has 1 fully saturated rings. The number of hydrogen-bond donors (Lipinski definition) is 3. The number of amides is 2. The topological polar surface area (TPSA) is 84.2 Å². The molecule has 0 bridgehead atoms. The Morgan fingerprint density at radius 1 is 1.00 bits per heavy atom. The lowest BCUT2D eigenvalue weighted by molar-refractivity contribution is 0.0952. The molecule has 112 valence electrons. The Morgan fingerprint density at radius 2 is 1.77 bits per heavy atom. The number of para-hydroxylation sites is 1. The number of hydrogen-bond acceptors (Lipinski definition) is 3. The highest BCUT2D eigenvalue weighted by Gasteiger charge is 2.25. The first-order chi connectivity index (χ1) is 10.6. The molecule has 1 aliphatic rings. The molecule has 0 saturated heterocycles. The van der Waals surface area contributed by atoms with Crippen molar-refractivity contribution in [2.24, 2.45) is 0 Å². The van der Waals surface area contributed by atoms with E-state index in [0.29, 0.717) is 22.5 Å². The second kappa shape index (κ2) is 5.89. The van der Waals surface area contributed by atoms with Crippen LogP contribution in [0.25, 0.3) is 0 Å². The van der Waals surface area contributed by atoms with Crippen molar-refractivity contribution < 1.29 is 9.59 Å². The van der Waals surface area contributed by atoms with Gasteiger partial charge in [0.1, 0.15) is 0 Å². The van der Waals surface area contributed by atoms with E-state index < -0.39 is 0 Å². The maximum absolute atomic E-state index is 12.3. The Bertz CT molecular complexity index is 723. The monoisotopic (exact) mass is 295 g/mol. The summed E-state index contributed by atoms with van der Waals surface area (Å²) < 4.78 is 0. The Kier molecular flexibility index (Phi) is 3.78. The van der Waals surface area contributed by atoms with E-state index in [1.165, 1.54) is 0 Å². The van der Waals surface area contributed by atoms with E-state index in [2.05, 4.69) is 10.6 Å². The van der Waals surface area contributed by atoms with Crippen molar-refractivity contribution in [2.75, 3.05) is 11.1 Å². The van der Waals surface area contributed by atoms with Gasteiger partial charge in [0, 0.05) is 17.3 Å². The first-order valence-corrected chi connectivity index (χ1v) is 7.20. The molecule has 1 saturated carbocycles. The molecule has 0 aromatic heterocycles. The van der Waals surface area contributed by atoms with E-state index >= 15 is 0 Å². The second-order valence-electron chi connectivity index (χ2n) is 5.37. The molecule has 0 aliphatic heterocycles. The van der Waals surface area contributed by atoms with E-state index in [4.69, 9.17) is 5.73 Å². The SMILES string of the molecule is Nc1cccc(C(=O)Nc2ccccc2C(=O)NC2CC2)c1. The van der Waals surface area contributed by atoms with Gasteiger partial charge in [0.05, 0.1) is 11.3 Å². The van der Waals surface area contributed by atoms with Gasteiger partial charge in [-0.05, 0) is 43.2 Å². The summed E-state index contributed by atoms with van der Waals surface area (Å²) in [6, 6.07) is 14.0. The lowest BCUT2D eigenvalue weighted by atomic mass is 10.1. The number of anilines is 2. The van der Waals surface area contributed by atoms with Crippen LogP contribution in [0.1, 0.15) is 33.6 Å². The van der Waals surface area contributed by atoms with E-state index in [1.54, 1.807) is 48.5 Å². The predicted molar refractivity (Wildman–Crippen MR) is 85.7 cm³/mol. The fraction of sp³-hybridized carbons (Fsp3) is 0.176. The van der Waals surface area contributed by atoms with Crippen LogP contribution in [-0.4, -0.2) is 17.9 Å². The highest BCUT2D eigenvalue weighted by Crippen LogP contribution is 2.22. The number of nitrogens with one attached hydrogen (secondary N) is 2. The smallest absolute Gasteiger partial charge is 0.255 e. The molecular weight excluding hydrogens is 278 g/mol. The quantitative estimate of drug-likeness (QED) is 0.757. The van der Waals surface area contributed by atoms with E-state index in [9.17, 15) is 9.59 Å². The van der Waals surface area contributed by atoms with Crippen LogP contribution < -0.4 is 16.4 Å². The first kappa shape index (κ1) is 14.1. The largest absolute Gasteiger partial charge is 0.399 e. The Labute approximate surface area is 128 Å². The minimum Gasteiger partial charge on any atom is -0.399 e. The standard InChI is InChI=1S/C17H17N3O2/c18-12-5-3-4-11(10-12)16(21)20-15-7-2-1-6-14(15)17(22)19-13-8-9-13/h1-7,10,13H,8-9,18H2,(H,19,22)(H,20,21). The number of carbonyl (C=O) groups excluding carboxylic acids is 2. The molecule has 0 spiro atoms. The van der Waals surface area contributed by atoms with Crippen molar-refractivity contribution in [3.05, 3.63) is 59.7 Å². The van der Waals surface area contributed by atoms with Gasteiger partial charge >= 0.3 is 0 Å². The minimum atomic E-state index is -0.293. The average Bonchev–Trinajstić information content (AvgIpc) is 3.31. The number of carbonyl (C=O) groups is 2. The number of nitrogen functional groups attached to an aromatic ring is 1. The molecule has 0 radical (unpaired) electrons. The molecular formula is C17H17N3O2. The van der Waals surface area contributed by atoms with Crippen molar-refractivity contribution in [3.63, 3.8) is 0 Å². The summed E-state index contributed by atoms with van der Waals surface area (Å²) in [5, 5.41) is 5.70. The van der Waals surface area contributed by atoms with E-state index in [1.807, 2.05) is 0 Å². The van der Waals surface area contributed by atoms with Crippen LogP contribution in [0.4, 0.5) is 11.4 Å². The summed E-state index contributed by atoms with van der Waals surface area (Å²) in [6.45, 7) is 0. The minimum absolute atomic E-state index is 0.161. The summed E-state index contributed by atoms with van der Waals surface area (Å²) in [5.41, 5.74) is 7.62. The highest BCUT2D eigenvalue weighted by molar-refractivity contribution is 6.09. The van der Waals surface area contributed by atoms with Gasteiger partial charge < -0.3 is 16.4 Å². The summed E-state index contributed by atoms with van der Waals surface area (Å²) in [4.78, 5) is 24.5. The molecule has 1 aliphatic carbocycles. The molecule has 2 amide bonds. The van der Waals surface area contributed by atoms with Crippen molar-refractivity contribution in [1.29, 1.82) is 0 Å². The maximum atomic E-state index is 12.3. The van der Waals surface area contributed by atoms with Crippen LogP contribution in [0, 0.1) is 0 Å². The first-order valence-electron chi connectivity index (χ1n) is 7.20. The molecule has 4 N–H and O–H groups in total. The third kappa shape index (κ3) is 3.25. The van der Waals surface area contributed by atoms with Crippen molar-refractivity contribution in [2.45, 2.75) is 18.9 Å². The zero-order valence-electron chi connectivity index (χ0n) is 12.0. The molecule has 0 heterocycles. The summed E-state index contributed by atoms with van der Waals surface area (Å²) in [7, 11) is 0. The molecule has 22 heavy (non-hydrogen) atoms.